The number of benzene rings is 1. The third-order valence-corrected chi connectivity index (χ3v) is 4.97. The Labute approximate surface area is 173 Å². The highest BCUT2D eigenvalue weighted by Crippen LogP contribution is 2.38. The van der Waals surface area contributed by atoms with Crippen LogP contribution in [0.4, 0.5) is 13.2 Å². The van der Waals surface area contributed by atoms with E-state index in [1.807, 2.05) is 0 Å². The Kier molecular flexibility index (Phi) is 4.73. The molecule has 0 saturated heterocycles. The van der Waals surface area contributed by atoms with Crippen molar-refractivity contribution in [3.63, 3.8) is 0 Å². The molecule has 0 radical (unpaired) electrons. The van der Waals surface area contributed by atoms with E-state index >= 15 is 0 Å². The number of ether oxygens (including phenoxy) is 1. The summed E-state index contributed by atoms with van der Waals surface area (Å²) in [4.78, 5) is 16.0. The van der Waals surface area contributed by atoms with Crippen molar-refractivity contribution in [2.45, 2.75) is 32.5 Å². The Hall–Kier alpha value is -3.47. The van der Waals surface area contributed by atoms with Gasteiger partial charge in [-0.3, -0.25) is 4.79 Å². The minimum atomic E-state index is -4.77. The number of hydrogen-bond donors (Lipinski definition) is 1. The number of fused-ring (bicyclic) bond motifs is 1. The second kappa shape index (κ2) is 7.05. The van der Waals surface area contributed by atoms with Crippen LogP contribution in [0.2, 0.25) is 0 Å². The second-order valence-corrected chi connectivity index (χ2v) is 7.40. The first-order valence-corrected chi connectivity index (χ1v) is 9.22. The number of H-pyrrole nitrogens is 1. The van der Waals surface area contributed by atoms with Crippen molar-refractivity contribution in [1.82, 2.24) is 24.8 Å². The van der Waals surface area contributed by atoms with Crippen LogP contribution in [0.3, 0.4) is 0 Å². The summed E-state index contributed by atoms with van der Waals surface area (Å²) < 4.78 is 52.8. The van der Waals surface area contributed by atoms with Gasteiger partial charge in [-0.1, -0.05) is 30.3 Å². The highest BCUT2D eigenvalue weighted by molar-refractivity contribution is 5.81. The highest BCUT2D eigenvalue weighted by atomic mass is 19.4. The Morgan fingerprint density at radius 2 is 1.77 bits per heavy atom. The number of methoxy groups -OCH3 is 1. The lowest BCUT2D eigenvalue weighted by atomic mass is 10.1. The predicted octanol–water partition coefficient (Wildman–Crippen LogP) is 3.95. The van der Waals surface area contributed by atoms with Gasteiger partial charge in [0.1, 0.15) is 16.8 Å². The van der Waals surface area contributed by atoms with Crippen LogP contribution in [0.25, 0.3) is 28.2 Å². The van der Waals surface area contributed by atoms with Crippen LogP contribution in [-0.2, 0) is 16.5 Å². The van der Waals surface area contributed by atoms with Crippen molar-refractivity contribution >= 4 is 5.65 Å². The molecule has 0 saturated carbocycles. The maximum absolute atomic E-state index is 13.8. The van der Waals surface area contributed by atoms with Crippen molar-refractivity contribution in [2.24, 2.45) is 0 Å². The van der Waals surface area contributed by atoms with E-state index in [-0.39, 0.29) is 39.8 Å². The van der Waals surface area contributed by atoms with Crippen LogP contribution in [-0.4, -0.2) is 31.9 Å². The Bertz CT molecular complexity index is 1320. The predicted molar refractivity (Wildman–Crippen MR) is 104 cm³/mol. The number of aromatic nitrogens is 5. The van der Waals surface area contributed by atoms with Crippen LogP contribution in [0, 0.1) is 6.92 Å². The van der Waals surface area contributed by atoms with E-state index in [0.717, 1.165) is 0 Å². The zero-order valence-electron chi connectivity index (χ0n) is 17.0. The molecule has 0 bridgehead atoms. The SMILES string of the molecule is COC(C)(C)c1nnc(-c2c(C)[nH]c3c(-c4ccccc4)c(C(F)(F)F)nn3c2=O)o1. The van der Waals surface area contributed by atoms with Crippen molar-refractivity contribution < 1.29 is 22.3 Å². The maximum atomic E-state index is 13.8. The number of nitrogens with zero attached hydrogens (tertiary/aromatic N) is 4. The number of alkyl halides is 3. The molecule has 1 N–H and O–H groups in total. The normalized spacial score (nSPS) is 12.6. The van der Waals surface area contributed by atoms with Gasteiger partial charge in [-0.15, -0.1) is 10.2 Å². The molecule has 0 atom stereocenters. The van der Waals surface area contributed by atoms with Crippen LogP contribution >= 0.6 is 0 Å². The first-order chi connectivity index (χ1) is 14.5. The fraction of sp³-hybridized carbons (Fsp3) is 0.300. The van der Waals surface area contributed by atoms with E-state index in [1.54, 1.807) is 32.0 Å². The van der Waals surface area contributed by atoms with Crippen molar-refractivity contribution in [1.29, 1.82) is 0 Å². The van der Waals surface area contributed by atoms with Gasteiger partial charge in [-0.05, 0) is 26.3 Å². The minimum Gasteiger partial charge on any atom is -0.417 e. The monoisotopic (exact) mass is 433 g/mol. The summed E-state index contributed by atoms with van der Waals surface area (Å²) in [5.41, 5.74) is -2.74. The summed E-state index contributed by atoms with van der Waals surface area (Å²) in [6.45, 7) is 4.93. The summed E-state index contributed by atoms with van der Waals surface area (Å²) in [5, 5.41) is 11.4. The molecule has 0 fully saturated rings. The average Bonchev–Trinajstić information content (AvgIpc) is 3.34. The standard InChI is InChI=1S/C20H18F3N5O3/c1-10-12(16-25-26-18(31-16)19(2,3)30-4)17(29)28-15(24-10)13(11-8-6-5-7-9-11)14(27-28)20(21,22)23/h5-9,24H,1-4H3. The van der Waals surface area contributed by atoms with Gasteiger partial charge in [-0.2, -0.15) is 22.8 Å². The van der Waals surface area contributed by atoms with Gasteiger partial charge < -0.3 is 14.1 Å². The quantitative estimate of drug-likeness (QED) is 0.523. The lowest BCUT2D eigenvalue weighted by Gasteiger charge is -2.17. The van der Waals surface area contributed by atoms with Gasteiger partial charge in [0, 0.05) is 12.8 Å². The molecule has 8 nitrogen and oxygen atoms in total. The van der Waals surface area contributed by atoms with Crippen LogP contribution < -0.4 is 5.56 Å². The summed E-state index contributed by atoms with van der Waals surface area (Å²) in [6, 6.07) is 7.94. The molecular weight excluding hydrogens is 415 g/mol. The van der Waals surface area contributed by atoms with E-state index in [2.05, 4.69) is 20.3 Å². The van der Waals surface area contributed by atoms with E-state index in [9.17, 15) is 18.0 Å². The fourth-order valence-corrected chi connectivity index (χ4v) is 3.17. The minimum absolute atomic E-state index is 0.0750. The Morgan fingerprint density at radius 3 is 2.39 bits per heavy atom. The average molecular weight is 433 g/mol. The van der Waals surface area contributed by atoms with Crippen LogP contribution in [0.15, 0.2) is 39.5 Å². The molecule has 0 amide bonds. The van der Waals surface area contributed by atoms with Gasteiger partial charge in [0.05, 0.1) is 5.56 Å². The van der Waals surface area contributed by atoms with Gasteiger partial charge in [-0.25, -0.2) is 0 Å². The molecule has 4 aromatic rings. The zero-order valence-corrected chi connectivity index (χ0v) is 17.0. The molecule has 0 aliphatic rings. The van der Waals surface area contributed by atoms with E-state index in [4.69, 9.17) is 9.15 Å². The number of hydrogen-bond acceptors (Lipinski definition) is 6. The van der Waals surface area contributed by atoms with Gasteiger partial charge in [0.15, 0.2) is 5.69 Å². The maximum Gasteiger partial charge on any atom is 0.435 e. The Balaban J connectivity index is 2.00. The topological polar surface area (TPSA) is 98.3 Å². The molecule has 11 heteroatoms. The molecule has 0 aliphatic heterocycles. The second-order valence-electron chi connectivity index (χ2n) is 7.40. The Morgan fingerprint density at radius 1 is 1.10 bits per heavy atom. The molecular formula is C20H18F3N5O3. The molecule has 1 aromatic carbocycles. The molecule has 0 aliphatic carbocycles. The lowest BCUT2D eigenvalue weighted by molar-refractivity contribution is -0.140. The summed E-state index contributed by atoms with van der Waals surface area (Å²) in [7, 11) is 1.46. The summed E-state index contributed by atoms with van der Waals surface area (Å²) in [6.07, 6.45) is -4.77. The van der Waals surface area contributed by atoms with E-state index in [0.29, 0.717) is 4.52 Å². The fourth-order valence-electron chi connectivity index (χ4n) is 3.17. The molecule has 31 heavy (non-hydrogen) atoms. The van der Waals surface area contributed by atoms with Gasteiger partial charge in [0.25, 0.3) is 11.4 Å². The largest absolute Gasteiger partial charge is 0.435 e. The first-order valence-electron chi connectivity index (χ1n) is 9.22. The lowest BCUT2D eigenvalue weighted by Crippen LogP contribution is -2.20. The number of nitrogens with one attached hydrogen (secondary N) is 1. The molecule has 0 spiro atoms. The number of halogens is 3. The van der Waals surface area contributed by atoms with Crippen molar-refractivity contribution in [3.8, 4) is 22.6 Å². The number of aromatic amines is 1. The number of aryl methyl sites for hydroxylation is 1. The zero-order chi connectivity index (χ0) is 22.6. The molecule has 3 heterocycles. The van der Waals surface area contributed by atoms with Crippen molar-refractivity contribution in [2.75, 3.05) is 7.11 Å². The molecule has 3 aromatic heterocycles. The van der Waals surface area contributed by atoms with E-state index in [1.165, 1.54) is 26.2 Å². The van der Waals surface area contributed by atoms with Crippen molar-refractivity contribution in [3.05, 3.63) is 58.0 Å². The number of rotatable bonds is 4. The van der Waals surface area contributed by atoms with Crippen LogP contribution in [0.5, 0.6) is 0 Å². The third kappa shape index (κ3) is 3.40. The van der Waals surface area contributed by atoms with Gasteiger partial charge in [0.2, 0.25) is 5.89 Å². The summed E-state index contributed by atoms with van der Waals surface area (Å²) >= 11 is 0. The highest BCUT2D eigenvalue weighted by Gasteiger charge is 2.39. The molecule has 0 unspecified atom stereocenters. The first kappa shape index (κ1) is 20.8. The van der Waals surface area contributed by atoms with Crippen LogP contribution in [0.1, 0.15) is 31.1 Å². The van der Waals surface area contributed by atoms with E-state index < -0.39 is 23.0 Å². The summed E-state index contributed by atoms with van der Waals surface area (Å²) in [5.74, 6) is -0.0311. The molecule has 162 valence electrons. The molecule has 4 rings (SSSR count). The smallest absolute Gasteiger partial charge is 0.417 e. The third-order valence-electron chi connectivity index (χ3n) is 4.97. The van der Waals surface area contributed by atoms with Gasteiger partial charge >= 0.3 is 6.18 Å².